The van der Waals surface area contributed by atoms with E-state index in [-0.39, 0.29) is 18.4 Å². The Morgan fingerprint density at radius 2 is 1.39 bits per heavy atom. The number of nitrogens with zero attached hydrogens (tertiary/aromatic N) is 2. The number of hydrogen-bond donors (Lipinski definition) is 1. The number of fused-ring (bicyclic) bond motifs is 5. The monoisotopic (exact) mass is 438 g/mol. The van der Waals surface area contributed by atoms with Crippen molar-refractivity contribution in [2.45, 2.75) is 11.7 Å². The second-order valence-corrected chi connectivity index (χ2v) is 8.59. The number of para-hydroxylation sites is 2. The molecule has 0 spiro atoms. The summed E-state index contributed by atoms with van der Waals surface area (Å²) >= 11 is 0. The maximum atomic E-state index is 13.3. The van der Waals surface area contributed by atoms with Gasteiger partial charge >= 0.3 is 0 Å². The molecule has 2 amide bonds. The van der Waals surface area contributed by atoms with Crippen molar-refractivity contribution in [1.29, 1.82) is 0 Å². The number of carbonyl (C=O) groups is 2. The fourth-order valence-corrected chi connectivity index (χ4v) is 5.29. The molecule has 3 aromatic rings. The van der Waals surface area contributed by atoms with E-state index in [2.05, 4.69) is 4.90 Å². The lowest BCUT2D eigenvalue weighted by molar-refractivity contribution is -0.128. The van der Waals surface area contributed by atoms with Gasteiger partial charge in [-0.2, -0.15) is 0 Å². The highest BCUT2D eigenvalue weighted by Gasteiger charge is 2.67. The lowest BCUT2D eigenvalue weighted by atomic mass is 9.77. The maximum Gasteiger partial charge on any atom is 0.241 e. The van der Waals surface area contributed by atoms with Crippen molar-refractivity contribution in [3.63, 3.8) is 0 Å². The fourth-order valence-electron chi connectivity index (χ4n) is 5.29. The standard InChI is InChI=1S/C27H22N2O4/c30-17-27-16-15-22(33-27)23-24(27)26(32)29(25(23)31)21-13-11-20(12-14-21)28(18-7-3-1-4-8-18)19-9-5-2-6-10-19/h1-16,22-24,30H,17H2/t22-,23-,24+,27-/m0/s1. The van der Waals surface area contributed by atoms with Gasteiger partial charge < -0.3 is 14.7 Å². The number of imide groups is 1. The van der Waals surface area contributed by atoms with Gasteiger partial charge in [-0.1, -0.05) is 48.6 Å². The smallest absolute Gasteiger partial charge is 0.241 e. The van der Waals surface area contributed by atoms with Crippen LogP contribution in [0.4, 0.5) is 22.7 Å². The molecule has 1 N–H and O–H groups in total. The van der Waals surface area contributed by atoms with E-state index in [0.29, 0.717) is 5.69 Å². The highest BCUT2D eigenvalue weighted by Crippen LogP contribution is 2.52. The molecule has 33 heavy (non-hydrogen) atoms. The average Bonchev–Trinajstić information content (AvgIpc) is 3.52. The molecule has 2 fully saturated rings. The van der Waals surface area contributed by atoms with Gasteiger partial charge in [-0.15, -0.1) is 0 Å². The molecule has 6 rings (SSSR count). The first kappa shape index (κ1) is 19.9. The summed E-state index contributed by atoms with van der Waals surface area (Å²) < 4.78 is 5.81. The quantitative estimate of drug-likeness (QED) is 0.482. The van der Waals surface area contributed by atoms with Crippen molar-refractivity contribution in [3.8, 4) is 0 Å². The van der Waals surface area contributed by atoms with E-state index >= 15 is 0 Å². The molecule has 3 heterocycles. The zero-order valence-electron chi connectivity index (χ0n) is 17.7. The van der Waals surface area contributed by atoms with Gasteiger partial charge in [0, 0.05) is 17.1 Å². The number of carbonyl (C=O) groups excluding carboxylic acids is 2. The molecule has 6 heteroatoms. The topological polar surface area (TPSA) is 70.1 Å². The van der Waals surface area contributed by atoms with Crippen molar-refractivity contribution in [2.75, 3.05) is 16.4 Å². The Hall–Kier alpha value is -3.74. The number of aliphatic hydroxyl groups is 1. The number of rotatable bonds is 5. The largest absolute Gasteiger partial charge is 0.393 e. The van der Waals surface area contributed by atoms with E-state index in [0.717, 1.165) is 17.1 Å². The first-order valence-corrected chi connectivity index (χ1v) is 11.0. The van der Waals surface area contributed by atoms with Crippen LogP contribution in [0, 0.1) is 11.8 Å². The molecule has 3 aliphatic rings. The molecule has 164 valence electrons. The minimum atomic E-state index is -1.09. The van der Waals surface area contributed by atoms with Crippen molar-refractivity contribution in [1.82, 2.24) is 0 Å². The predicted molar refractivity (Wildman–Crippen MR) is 124 cm³/mol. The predicted octanol–water partition coefficient (Wildman–Crippen LogP) is 3.96. The van der Waals surface area contributed by atoms with E-state index in [1.807, 2.05) is 72.8 Å². The molecular weight excluding hydrogens is 416 g/mol. The Kier molecular flexibility index (Phi) is 4.47. The van der Waals surface area contributed by atoms with Crippen LogP contribution in [0.2, 0.25) is 0 Å². The first-order chi connectivity index (χ1) is 16.1. The molecule has 0 aromatic heterocycles. The van der Waals surface area contributed by atoms with Gasteiger partial charge in [-0.25, -0.2) is 4.90 Å². The number of amides is 2. The summed E-state index contributed by atoms with van der Waals surface area (Å²) in [5.74, 6) is -1.86. The minimum absolute atomic E-state index is 0.273. The summed E-state index contributed by atoms with van der Waals surface area (Å²) in [5.41, 5.74) is 2.35. The molecule has 0 unspecified atom stereocenters. The Labute approximate surface area is 191 Å². The summed E-state index contributed by atoms with van der Waals surface area (Å²) in [6, 6.07) is 27.5. The third-order valence-electron chi connectivity index (χ3n) is 6.80. The van der Waals surface area contributed by atoms with Gasteiger partial charge in [0.25, 0.3) is 0 Å². The zero-order valence-corrected chi connectivity index (χ0v) is 17.7. The second kappa shape index (κ2) is 7.40. The van der Waals surface area contributed by atoms with Gasteiger partial charge in [-0.05, 0) is 48.5 Å². The van der Waals surface area contributed by atoms with Crippen LogP contribution in [0.25, 0.3) is 0 Å². The molecule has 4 atom stereocenters. The average molecular weight is 438 g/mol. The Bertz CT molecular complexity index is 1200. The number of anilines is 4. The second-order valence-electron chi connectivity index (χ2n) is 8.59. The zero-order chi connectivity index (χ0) is 22.6. The Morgan fingerprint density at radius 3 is 1.97 bits per heavy atom. The highest BCUT2D eigenvalue weighted by atomic mass is 16.5. The van der Waals surface area contributed by atoms with Gasteiger partial charge in [0.2, 0.25) is 11.8 Å². The van der Waals surface area contributed by atoms with E-state index in [4.69, 9.17) is 4.74 Å². The number of aliphatic hydroxyl groups excluding tert-OH is 1. The maximum absolute atomic E-state index is 13.3. The number of hydrogen-bond acceptors (Lipinski definition) is 5. The van der Waals surface area contributed by atoms with Gasteiger partial charge in [-0.3, -0.25) is 9.59 Å². The van der Waals surface area contributed by atoms with E-state index in [1.54, 1.807) is 24.3 Å². The van der Waals surface area contributed by atoms with Crippen molar-refractivity contribution >= 4 is 34.6 Å². The normalized spacial score (nSPS) is 27.3. The van der Waals surface area contributed by atoms with Crippen LogP contribution < -0.4 is 9.80 Å². The lowest BCUT2D eigenvalue weighted by Crippen LogP contribution is -2.43. The summed E-state index contributed by atoms with van der Waals surface area (Å²) in [7, 11) is 0. The van der Waals surface area contributed by atoms with Crippen molar-refractivity contribution in [3.05, 3.63) is 97.1 Å². The third-order valence-corrected chi connectivity index (χ3v) is 6.80. The molecule has 0 radical (unpaired) electrons. The number of benzene rings is 3. The molecule has 6 nitrogen and oxygen atoms in total. The van der Waals surface area contributed by atoms with Crippen LogP contribution >= 0.6 is 0 Å². The molecule has 3 aromatic carbocycles. The molecular formula is C27H22N2O4. The summed E-state index contributed by atoms with van der Waals surface area (Å²) in [6.07, 6.45) is 3.05. The summed E-state index contributed by atoms with van der Waals surface area (Å²) in [6.45, 7) is -0.323. The van der Waals surface area contributed by atoms with Crippen molar-refractivity contribution < 1.29 is 19.4 Å². The van der Waals surface area contributed by atoms with E-state index < -0.39 is 23.5 Å². The molecule has 3 aliphatic heterocycles. The summed E-state index contributed by atoms with van der Waals surface area (Å²) in [5, 5.41) is 9.90. The lowest BCUT2D eigenvalue weighted by Gasteiger charge is -2.27. The molecule has 2 bridgehead atoms. The van der Waals surface area contributed by atoms with Crippen LogP contribution in [-0.2, 0) is 14.3 Å². The van der Waals surface area contributed by atoms with E-state index in [9.17, 15) is 14.7 Å². The van der Waals surface area contributed by atoms with Gasteiger partial charge in [0.15, 0.2) is 0 Å². The highest BCUT2D eigenvalue weighted by molar-refractivity contribution is 6.23. The fraction of sp³-hybridized carbons (Fsp3) is 0.185. The van der Waals surface area contributed by atoms with Gasteiger partial charge in [0.1, 0.15) is 5.60 Å². The Morgan fingerprint density at radius 1 is 0.818 bits per heavy atom. The van der Waals surface area contributed by atoms with Crippen LogP contribution in [0.3, 0.4) is 0 Å². The van der Waals surface area contributed by atoms with Crippen LogP contribution in [0.5, 0.6) is 0 Å². The van der Waals surface area contributed by atoms with Gasteiger partial charge in [0.05, 0.1) is 30.2 Å². The minimum Gasteiger partial charge on any atom is -0.393 e. The summed E-state index contributed by atoms with van der Waals surface area (Å²) in [4.78, 5) is 29.9. The van der Waals surface area contributed by atoms with Crippen molar-refractivity contribution in [2.24, 2.45) is 11.8 Å². The SMILES string of the molecule is O=C1[C@H]2[C@@H]3C=C[C@@](CO)(O3)[C@H]2C(=O)N1c1ccc(N(c2ccccc2)c2ccccc2)cc1. The third kappa shape index (κ3) is 2.88. The number of ether oxygens (including phenoxy) is 1. The molecule has 0 aliphatic carbocycles. The first-order valence-electron chi connectivity index (χ1n) is 11.0. The van der Waals surface area contributed by atoms with E-state index in [1.165, 1.54) is 4.90 Å². The van der Waals surface area contributed by atoms with Crippen LogP contribution in [-0.4, -0.2) is 35.2 Å². The Balaban J connectivity index is 1.35. The van der Waals surface area contributed by atoms with Crippen LogP contribution in [0.1, 0.15) is 0 Å². The molecule has 2 saturated heterocycles. The van der Waals surface area contributed by atoms with Crippen LogP contribution in [0.15, 0.2) is 97.1 Å². The molecule has 0 saturated carbocycles.